The third-order valence-electron chi connectivity index (χ3n) is 6.51. The van der Waals surface area contributed by atoms with Crippen LogP contribution in [0.5, 0.6) is 5.75 Å². The predicted molar refractivity (Wildman–Crippen MR) is 159 cm³/mol. The van der Waals surface area contributed by atoms with Gasteiger partial charge in [0, 0.05) is 6.04 Å². The molecule has 0 aliphatic rings. The molecule has 4 N–H and O–H groups in total. The standard InChI is InChI=1S/C32H45N3O5/c1-8-22(4)26(19-16-23-12-10-9-11-13-23)33-27(20-24-14-17-25(36)18-15-24)29(37)35-30(38)28(21(2)3)34-31(39)40-32(5,6)7/h9-19,21-22,26-28,33,36H,8,20H2,1-7H3,(H,34,39)(H,35,37,38)/b19-16+/t22-,26+,27-,28-/m0/s1. The Balaban J connectivity index is 2.28. The van der Waals surface area contributed by atoms with E-state index in [4.69, 9.17) is 4.74 Å². The molecule has 0 aliphatic carbocycles. The number of carbonyl (C=O) groups is 3. The van der Waals surface area contributed by atoms with E-state index in [1.807, 2.05) is 42.5 Å². The number of amides is 3. The van der Waals surface area contributed by atoms with Gasteiger partial charge in [-0.15, -0.1) is 0 Å². The maximum Gasteiger partial charge on any atom is 0.408 e. The molecule has 0 saturated heterocycles. The van der Waals surface area contributed by atoms with E-state index in [1.165, 1.54) is 0 Å². The summed E-state index contributed by atoms with van der Waals surface area (Å²) in [6, 6.07) is 14.7. The first-order chi connectivity index (χ1) is 18.8. The summed E-state index contributed by atoms with van der Waals surface area (Å²) in [5.41, 5.74) is 1.13. The Morgan fingerprint density at radius 2 is 1.57 bits per heavy atom. The lowest BCUT2D eigenvalue weighted by Crippen LogP contribution is -2.57. The summed E-state index contributed by atoms with van der Waals surface area (Å²) in [7, 11) is 0. The highest BCUT2D eigenvalue weighted by Crippen LogP contribution is 2.16. The number of benzene rings is 2. The molecule has 0 heterocycles. The molecule has 40 heavy (non-hydrogen) atoms. The van der Waals surface area contributed by atoms with E-state index in [-0.39, 0.29) is 30.0 Å². The van der Waals surface area contributed by atoms with Gasteiger partial charge in [-0.2, -0.15) is 0 Å². The van der Waals surface area contributed by atoms with Crippen LogP contribution < -0.4 is 16.0 Å². The van der Waals surface area contributed by atoms with Crippen LogP contribution >= 0.6 is 0 Å². The van der Waals surface area contributed by atoms with Gasteiger partial charge in [0.1, 0.15) is 17.4 Å². The van der Waals surface area contributed by atoms with Gasteiger partial charge in [0.2, 0.25) is 11.8 Å². The van der Waals surface area contributed by atoms with Gasteiger partial charge < -0.3 is 15.2 Å². The number of aromatic hydroxyl groups is 1. The Morgan fingerprint density at radius 1 is 0.950 bits per heavy atom. The van der Waals surface area contributed by atoms with Gasteiger partial charge >= 0.3 is 6.09 Å². The maximum atomic E-state index is 13.6. The first-order valence-electron chi connectivity index (χ1n) is 13.9. The molecule has 218 valence electrons. The summed E-state index contributed by atoms with van der Waals surface area (Å²) in [5, 5.41) is 18.3. The molecule has 8 nitrogen and oxygen atoms in total. The average Bonchev–Trinajstić information content (AvgIpc) is 2.89. The van der Waals surface area contributed by atoms with Crippen molar-refractivity contribution in [1.29, 1.82) is 0 Å². The second kappa shape index (κ2) is 15.2. The van der Waals surface area contributed by atoms with Crippen molar-refractivity contribution in [3.63, 3.8) is 0 Å². The van der Waals surface area contributed by atoms with Crippen LogP contribution in [-0.4, -0.2) is 46.7 Å². The average molecular weight is 552 g/mol. The smallest absolute Gasteiger partial charge is 0.408 e. The summed E-state index contributed by atoms with van der Waals surface area (Å²) in [4.78, 5) is 39.2. The molecule has 0 radical (unpaired) electrons. The highest BCUT2D eigenvalue weighted by Gasteiger charge is 2.31. The lowest BCUT2D eigenvalue weighted by Gasteiger charge is -2.28. The highest BCUT2D eigenvalue weighted by atomic mass is 16.6. The normalized spacial score (nSPS) is 14.8. The second-order valence-electron chi connectivity index (χ2n) is 11.5. The van der Waals surface area contributed by atoms with Crippen molar-refractivity contribution in [3.05, 3.63) is 71.8 Å². The monoisotopic (exact) mass is 551 g/mol. The Hall–Kier alpha value is -3.65. The largest absolute Gasteiger partial charge is 0.508 e. The van der Waals surface area contributed by atoms with Crippen molar-refractivity contribution >= 4 is 24.0 Å². The number of imide groups is 1. The van der Waals surface area contributed by atoms with Crippen molar-refractivity contribution in [2.24, 2.45) is 11.8 Å². The summed E-state index contributed by atoms with van der Waals surface area (Å²) < 4.78 is 5.31. The fraction of sp³-hybridized carbons (Fsp3) is 0.469. The van der Waals surface area contributed by atoms with E-state index in [9.17, 15) is 19.5 Å². The number of rotatable bonds is 12. The van der Waals surface area contributed by atoms with E-state index >= 15 is 0 Å². The van der Waals surface area contributed by atoms with Crippen molar-refractivity contribution in [1.82, 2.24) is 16.0 Å². The minimum absolute atomic E-state index is 0.129. The van der Waals surface area contributed by atoms with E-state index < -0.39 is 35.6 Å². The van der Waals surface area contributed by atoms with Crippen molar-refractivity contribution in [2.75, 3.05) is 0 Å². The van der Waals surface area contributed by atoms with Crippen molar-refractivity contribution in [2.45, 2.75) is 85.0 Å². The first-order valence-corrected chi connectivity index (χ1v) is 13.9. The molecule has 0 saturated carbocycles. The highest BCUT2D eigenvalue weighted by molar-refractivity contribution is 6.01. The summed E-state index contributed by atoms with van der Waals surface area (Å²) in [6.07, 6.45) is 4.50. The van der Waals surface area contributed by atoms with Gasteiger partial charge in [-0.05, 0) is 62.3 Å². The minimum Gasteiger partial charge on any atom is -0.508 e. The lowest BCUT2D eigenvalue weighted by molar-refractivity contribution is -0.133. The lowest BCUT2D eigenvalue weighted by atomic mass is 9.95. The van der Waals surface area contributed by atoms with Crippen LogP contribution in [0.3, 0.4) is 0 Å². The fourth-order valence-electron chi connectivity index (χ4n) is 4.03. The van der Waals surface area contributed by atoms with Gasteiger partial charge in [0.05, 0.1) is 6.04 Å². The van der Waals surface area contributed by atoms with E-state index in [0.717, 1.165) is 17.5 Å². The fourth-order valence-corrected chi connectivity index (χ4v) is 4.03. The van der Waals surface area contributed by atoms with Crippen LogP contribution in [0.25, 0.3) is 6.08 Å². The Kier molecular flexibility index (Phi) is 12.4. The molecule has 0 aliphatic heterocycles. The number of alkyl carbamates (subject to hydrolysis) is 1. The molecule has 2 aromatic rings. The predicted octanol–water partition coefficient (Wildman–Crippen LogP) is 5.21. The van der Waals surface area contributed by atoms with E-state index in [0.29, 0.717) is 0 Å². The molecule has 2 aromatic carbocycles. The van der Waals surface area contributed by atoms with Crippen LogP contribution in [0, 0.1) is 11.8 Å². The van der Waals surface area contributed by atoms with Crippen LogP contribution in [0.2, 0.25) is 0 Å². The third kappa shape index (κ3) is 11.2. The van der Waals surface area contributed by atoms with Crippen LogP contribution in [0.15, 0.2) is 60.7 Å². The van der Waals surface area contributed by atoms with E-state index in [1.54, 1.807) is 58.9 Å². The summed E-state index contributed by atoms with van der Waals surface area (Å²) >= 11 is 0. The SMILES string of the molecule is CC[C@H](C)[C@@H](/C=C/c1ccccc1)N[C@@H](Cc1ccc(O)cc1)C(=O)NC(=O)[C@@H](NC(=O)OC(C)(C)C)C(C)C. The van der Waals surface area contributed by atoms with Crippen LogP contribution in [0.4, 0.5) is 4.79 Å². The number of carbonyl (C=O) groups excluding carboxylic acids is 3. The molecule has 0 spiro atoms. The molecule has 8 heteroatoms. The van der Waals surface area contributed by atoms with Gasteiger partial charge in [0.25, 0.3) is 0 Å². The third-order valence-corrected chi connectivity index (χ3v) is 6.51. The van der Waals surface area contributed by atoms with Gasteiger partial charge in [-0.3, -0.25) is 20.2 Å². The Bertz CT molecular complexity index is 1120. The molecule has 0 fully saturated rings. The topological polar surface area (TPSA) is 117 Å². The molecular weight excluding hydrogens is 506 g/mol. The van der Waals surface area contributed by atoms with Gasteiger partial charge in [-0.1, -0.05) is 88.7 Å². The zero-order chi connectivity index (χ0) is 29.9. The first kappa shape index (κ1) is 32.6. The summed E-state index contributed by atoms with van der Waals surface area (Å²) in [5.74, 6) is -1.07. The van der Waals surface area contributed by atoms with E-state index in [2.05, 4.69) is 29.8 Å². The molecule has 4 atom stereocenters. The molecule has 0 unspecified atom stereocenters. The number of phenols is 1. The number of phenolic OH excluding ortho intramolecular Hbond substituents is 1. The van der Waals surface area contributed by atoms with Crippen LogP contribution in [0.1, 0.15) is 66.0 Å². The number of hydrogen-bond donors (Lipinski definition) is 4. The number of hydrogen-bond acceptors (Lipinski definition) is 6. The maximum absolute atomic E-state index is 13.6. The van der Waals surface area contributed by atoms with Crippen molar-refractivity contribution < 1.29 is 24.2 Å². The quantitative estimate of drug-likeness (QED) is 0.288. The zero-order valence-corrected chi connectivity index (χ0v) is 24.7. The number of nitrogens with one attached hydrogen (secondary N) is 3. The Labute approximate surface area is 238 Å². The van der Waals surface area contributed by atoms with Gasteiger partial charge in [-0.25, -0.2) is 4.79 Å². The second-order valence-corrected chi connectivity index (χ2v) is 11.5. The molecule has 0 bridgehead atoms. The van der Waals surface area contributed by atoms with Crippen LogP contribution in [-0.2, 0) is 20.7 Å². The Morgan fingerprint density at radius 3 is 2.12 bits per heavy atom. The molecule has 0 aromatic heterocycles. The molecule has 3 amide bonds. The van der Waals surface area contributed by atoms with Crippen molar-refractivity contribution in [3.8, 4) is 5.75 Å². The van der Waals surface area contributed by atoms with Gasteiger partial charge in [0.15, 0.2) is 0 Å². The zero-order valence-electron chi connectivity index (χ0n) is 24.7. The summed E-state index contributed by atoms with van der Waals surface area (Å²) in [6.45, 7) is 13.0. The minimum atomic E-state index is -0.962. The number of ether oxygens (including phenoxy) is 1. The molecule has 2 rings (SSSR count). The molecular formula is C32H45N3O5.